The predicted octanol–water partition coefficient (Wildman–Crippen LogP) is 3.33. The van der Waals surface area contributed by atoms with Crippen molar-refractivity contribution in [3.05, 3.63) is 66.2 Å². The van der Waals surface area contributed by atoms with E-state index in [0.717, 1.165) is 29.2 Å². The Morgan fingerprint density at radius 1 is 1.26 bits per heavy atom. The molecular formula is C24H24N8O3. The zero-order chi connectivity index (χ0) is 23.9. The van der Waals surface area contributed by atoms with E-state index in [9.17, 15) is 0 Å². The molecule has 178 valence electrons. The number of hydrogen-bond acceptors (Lipinski definition) is 9. The second kappa shape index (κ2) is 8.58. The second-order valence-corrected chi connectivity index (χ2v) is 8.70. The van der Waals surface area contributed by atoms with Crippen LogP contribution in [0.5, 0.6) is 5.75 Å². The van der Waals surface area contributed by atoms with Crippen molar-refractivity contribution in [1.82, 2.24) is 39.4 Å². The number of fused-ring (bicyclic) bond motifs is 5. The van der Waals surface area contributed by atoms with Crippen LogP contribution in [0.1, 0.15) is 49.4 Å². The molecule has 1 aliphatic carbocycles. The van der Waals surface area contributed by atoms with Gasteiger partial charge in [0.2, 0.25) is 11.7 Å². The van der Waals surface area contributed by atoms with Gasteiger partial charge >= 0.3 is 0 Å². The van der Waals surface area contributed by atoms with Crippen molar-refractivity contribution in [3.8, 4) is 17.3 Å². The summed E-state index contributed by atoms with van der Waals surface area (Å²) < 4.78 is 21.1. The Balaban J connectivity index is 1.45. The van der Waals surface area contributed by atoms with Crippen LogP contribution in [0, 0.1) is 0 Å². The molecule has 0 saturated carbocycles. The monoisotopic (exact) mass is 472 g/mol. The molecule has 0 N–H and O–H groups in total. The summed E-state index contributed by atoms with van der Waals surface area (Å²) in [6, 6.07) is 3.69. The Morgan fingerprint density at radius 3 is 2.94 bits per heavy atom. The van der Waals surface area contributed by atoms with Crippen molar-refractivity contribution in [1.29, 1.82) is 0 Å². The van der Waals surface area contributed by atoms with E-state index in [1.807, 2.05) is 30.5 Å². The van der Waals surface area contributed by atoms with E-state index in [1.165, 1.54) is 0 Å². The minimum Gasteiger partial charge on any atom is -0.484 e. The summed E-state index contributed by atoms with van der Waals surface area (Å²) in [6.07, 6.45) is 10.1. The maximum absolute atomic E-state index is 5.94. The van der Waals surface area contributed by atoms with Crippen LogP contribution in [0.4, 0.5) is 0 Å². The van der Waals surface area contributed by atoms with Gasteiger partial charge in [-0.05, 0) is 24.6 Å². The number of methoxy groups -OCH3 is 1. The van der Waals surface area contributed by atoms with Gasteiger partial charge in [0, 0.05) is 24.8 Å². The molecule has 4 aromatic rings. The lowest BCUT2D eigenvalue weighted by Gasteiger charge is -2.20. The fraction of sp³-hybridized carbons (Fsp3) is 0.333. The van der Waals surface area contributed by atoms with Gasteiger partial charge in [0.25, 0.3) is 0 Å². The first-order valence-corrected chi connectivity index (χ1v) is 11.4. The first-order chi connectivity index (χ1) is 17.1. The molecule has 1 unspecified atom stereocenters. The van der Waals surface area contributed by atoms with Gasteiger partial charge in [-0.3, -0.25) is 4.98 Å². The molecule has 4 aromatic heterocycles. The largest absolute Gasteiger partial charge is 0.484 e. The van der Waals surface area contributed by atoms with E-state index in [2.05, 4.69) is 47.0 Å². The smallest absolute Gasteiger partial charge is 0.229 e. The van der Waals surface area contributed by atoms with Crippen LogP contribution in [0.2, 0.25) is 0 Å². The Kier molecular flexibility index (Phi) is 5.25. The van der Waals surface area contributed by atoms with Gasteiger partial charge in [-0.25, -0.2) is 4.98 Å². The topological polar surface area (TPSA) is 119 Å². The third kappa shape index (κ3) is 3.73. The maximum Gasteiger partial charge on any atom is 0.229 e. The van der Waals surface area contributed by atoms with Crippen LogP contribution in [-0.2, 0) is 17.9 Å². The van der Waals surface area contributed by atoms with Crippen molar-refractivity contribution in [3.63, 3.8) is 0 Å². The Bertz CT molecular complexity index is 1430. The molecule has 35 heavy (non-hydrogen) atoms. The van der Waals surface area contributed by atoms with Crippen LogP contribution in [0.25, 0.3) is 22.8 Å². The Morgan fingerprint density at radius 2 is 2.17 bits per heavy atom. The van der Waals surface area contributed by atoms with Crippen molar-refractivity contribution in [2.24, 2.45) is 0 Å². The molecule has 0 spiro atoms. The van der Waals surface area contributed by atoms with Crippen LogP contribution < -0.4 is 4.74 Å². The molecule has 2 aliphatic rings. The molecule has 11 heteroatoms. The number of rotatable bonds is 6. The highest BCUT2D eigenvalue weighted by molar-refractivity contribution is 5.98. The van der Waals surface area contributed by atoms with E-state index in [4.69, 9.17) is 14.0 Å². The lowest BCUT2D eigenvalue weighted by molar-refractivity contribution is 0.143. The number of imidazole rings is 1. The number of allylic oxidation sites excluding steroid dienone is 2. The molecule has 0 amide bonds. The van der Waals surface area contributed by atoms with Crippen molar-refractivity contribution in [2.45, 2.75) is 45.4 Å². The predicted molar refractivity (Wildman–Crippen MR) is 125 cm³/mol. The molecule has 6 rings (SSSR count). The van der Waals surface area contributed by atoms with Crippen molar-refractivity contribution >= 4 is 11.3 Å². The number of pyridine rings is 1. The summed E-state index contributed by atoms with van der Waals surface area (Å²) in [6.45, 7) is 4.72. The lowest BCUT2D eigenvalue weighted by Crippen LogP contribution is -2.14. The minimum absolute atomic E-state index is 0.0515. The quantitative estimate of drug-likeness (QED) is 0.416. The first-order valence-electron chi connectivity index (χ1n) is 11.4. The molecule has 11 nitrogen and oxygen atoms in total. The molecule has 0 fully saturated rings. The van der Waals surface area contributed by atoms with E-state index in [-0.39, 0.29) is 18.6 Å². The zero-order valence-electron chi connectivity index (χ0n) is 19.6. The molecule has 0 radical (unpaired) electrons. The van der Waals surface area contributed by atoms with Crippen LogP contribution >= 0.6 is 0 Å². The standard InChI is InChI=1S/C24H24N8O3/c1-14(2)24-27-22(30-35-24)21-19-11-31-20(12-34-16-5-4-8-25-10-16)28-29-23(31)17-9-15(33-3)6-7-18(17)32(19)13-26-21/h4-5,7-10,13-15H,6,11-12H2,1-3H3. The average Bonchev–Trinajstić information content (AvgIpc) is 3.61. The molecule has 1 atom stereocenters. The highest BCUT2D eigenvalue weighted by Crippen LogP contribution is 2.38. The van der Waals surface area contributed by atoms with Gasteiger partial charge in [0.05, 0.1) is 30.2 Å². The van der Waals surface area contributed by atoms with Gasteiger partial charge in [-0.2, -0.15) is 4.98 Å². The maximum atomic E-state index is 5.94. The summed E-state index contributed by atoms with van der Waals surface area (Å²) >= 11 is 0. The van der Waals surface area contributed by atoms with E-state index in [1.54, 1.807) is 25.8 Å². The highest BCUT2D eigenvalue weighted by atomic mass is 16.5. The molecule has 5 heterocycles. The average molecular weight is 473 g/mol. The number of aromatic nitrogens is 8. The molecule has 0 saturated heterocycles. The summed E-state index contributed by atoms with van der Waals surface area (Å²) in [4.78, 5) is 13.4. The lowest BCUT2D eigenvalue weighted by atomic mass is 10.0. The van der Waals surface area contributed by atoms with Gasteiger partial charge < -0.3 is 23.1 Å². The van der Waals surface area contributed by atoms with Crippen LogP contribution in [0.3, 0.4) is 0 Å². The van der Waals surface area contributed by atoms with Gasteiger partial charge in [-0.15, -0.1) is 10.2 Å². The molecular weight excluding hydrogens is 448 g/mol. The number of ether oxygens (including phenoxy) is 2. The van der Waals surface area contributed by atoms with E-state index < -0.39 is 0 Å². The molecule has 1 aliphatic heterocycles. The van der Waals surface area contributed by atoms with E-state index in [0.29, 0.717) is 35.5 Å². The highest BCUT2D eigenvalue weighted by Gasteiger charge is 2.32. The molecule has 0 bridgehead atoms. The van der Waals surface area contributed by atoms with Gasteiger partial charge in [0.1, 0.15) is 24.4 Å². The van der Waals surface area contributed by atoms with Crippen molar-refractivity contribution in [2.75, 3.05) is 7.11 Å². The first kappa shape index (κ1) is 21.4. The van der Waals surface area contributed by atoms with Crippen LogP contribution in [0.15, 0.2) is 47.5 Å². The number of nitrogens with zero attached hydrogens (tertiary/aromatic N) is 8. The summed E-state index contributed by atoms with van der Waals surface area (Å²) in [5.74, 6) is 3.25. The summed E-state index contributed by atoms with van der Waals surface area (Å²) in [5, 5.41) is 13.2. The number of hydrogen-bond donors (Lipinski definition) is 0. The second-order valence-electron chi connectivity index (χ2n) is 8.70. The van der Waals surface area contributed by atoms with Gasteiger partial charge in [-0.1, -0.05) is 25.1 Å². The zero-order valence-corrected chi connectivity index (χ0v) is 19.6. The fourth-order valence-corrected chi connectivity index (χ4v) is 4.28. The summed E-state index contributed by atoms with van der Waals surface area (Å²) in [5.41, 5.74) is 3.48. The third-order valence-electron chi connectivity index (χ3n) is 6.13. The molecule has 0 aromatic carbocycles. The van der Waals surface area contributed by atoms with E-state index >= 15 is 0 Å². The third-order valence-corrected chi connectivity index (χ3v) is 6.13. The van der Waals surface area contributed by atoms with Gasteiger partial charge in [0.15, 0.2) is 11.6 Å². The summed E-state index contributed by atoms with van der Waals surface area (Å²) in [7, 11) is 1.71. The SMILES string of the molecule is COC1C=C2C(=CC1)n1cnc(-c3noc(C(C)C)n3)c1Cn1c(COc3cccnc3)nnc12. The normalized spacial score (nSPS) is 16.7. The Hall–Kier alpha value is -4.12. The Labute approximate surface area is 201 Å². The fourth-order valence-electron chi connectivity index (χ4n) is 4.28. The van der Waals surface area contributed by atoms with Crippen molar-refractivity contribution < 1.29 is 14.0 Å². The van der Waals surface area contributed by atoms with Crippen LogP contribution in [-0.4, -0.2) is 52.7 Å². The minimum atomic E-state index is -0.0515.